The third-order valence-electron chi connectivity index (χ3n) is 23.7. The minimum absolute atomic E-state index is 0.159. The summed E-state index contributed by atoms with van der Waals surface area (Å²) >= 11 is 0. The molecule has 0 radical (unpaired) electrons. The first-order valence-electron chi connectivity index (χ1n) is 41.5. The Bertz CT molecular complexity index is 6270. The highest BCUT2D eigenvalue weighted by molar-refractivity contribution is 6.08. The molecule has 0 aliphatic heterocycles. The minimum atomic E-state index is -0.159. The van der Waals surface area contributed by atoms with Gasteiger partial charge in [-0.05, 0) is 185 Å². The quantitative estimate of drug-likeness (QED) is 0.0799. The van der Waals surface area contributed by atoms with Crippen LogP contribution in [0.15, 0.2) is 240 Å². The summed E-state index contributed by atoms with van der Waals surface area (Å²) in [4.78, 5) is 4.64. The Hall–Kier alpha value is -11.8. The number of rotatable bonds is 18. The average Bonchev–Trinajstić information content (AvgIpc) is 1.59. The van der Waals surface area contributed by atoms with E-state index in [0.29, 0.717) is 52.6 Å². The summed E-state index contributed by atoms with van der Waals surface area (Å²) in [5, 5.41) is 4.15. The molecule has 16 rings (SSSR count). The van der Waals surface area contributed by atoms with Gasteiger partial charge in [-0.3, -0.25) is 0 Å². The average molecular weight is 1540 g/mol. The van der Waals surface area contributed by atoms with Crippen molar-refractivity contribution >= 4 is 44.0 Å². The van der Waals surface area contributed by atoms with Crippen LogP contribution in [-0.2, 0) is 26.6 Å². The summed E-state index contributed by atoms with van der Waals surface area (Å²) in [7, 11) is 6.41. The zero-order valence-electron chi connectivity index (χ0n) is 72.7. The van der Waals surface area contributed by atoms with Crippen molar-refractivity contribution in [1.29, 1.82) is 0 Å². The van der Waals surface area contributed by atoms with Gasteiger partial charge in [0, 0.05) is 60.6 Å². The van der Waals surface area contributed by atoms with Gasteiger partial charge >= 0.3 is 11.8 Å². The van der Waals surface area contributed by atoms with Crippen molar-refractivity contribution in [3.8, 4) is 74.5 Å². The zero-order valence-corrected chi connectivity index (χ0v) is 72.7. The standard InChI is InChI=1S/C36H38N3O2.C36H37N2O2.C33H41N2/c1-21(2)26-14-11-15-27(22(3)4)32(26)39-20-31(38(8)36(39)28-13-10-9-12-23(28)5)40-33-24(6)16-18-29-30-19-17-25(7)37-35(30)41-34(29)33;1-22(2)26-16-12-17-27(23(3)4)33(26)38-21-32(37(7)36(38)28-14-9-8-13-24(28)5)40-34-25(6)19-20-30-29-15-10-11-18-31(29)39-35(30)34;1-22(2)26-18-14-19-27(23(3)4)31(26)35-21-30(33(7,8)29-20-13-11-16-25(29)6)34(9)32(35)28-17-12-10-15-24(28)5/h9-22H,1-8H3;8-23H,1-7H3;10-23H,1-9H3/q3*+1. The lowest BCUT2D eigenvalue weighted by Crippen LogP contribution is -2.35. The molecule has 0 fully saturated rings. The van der Waals surface area contributed by atoms with Crippen LogP contribution in [0.3, 0.4) is 0 Å². The molecule has 0 unspecified atom stereocenters. The molecule has 11 nitrogen and oxygen atoms in total. The second-order valence-corrected chi connectivity index (χ2v) is 34.3. The molecule has 11 heteroatoms. The van der Waals surface area contributed by atoms with Crippen LogP contribution in [0.2, 0.25) is 0 Å². The number of para-hydroxylation sites is 4. The van der Waals surface area contributed by atoms with Gasteiger partial charge in [-0.2, -0.15) is 22.8 Å². The third kappa shape index (κ3) is 15.0. The van der Waals surface area contributed by atoms with Crippen LogP contribution >= 0.6 is 0 Å². The number of hydrogen-bond donors (Lipinski definition) is 0. The second-order valence-electron chi connectivity index (χ2n) is 34.3. The van der Waals surface area contributed by atoms with E-state index in [2.05, 4.69) is 399 Å². The Morgan fingerprint density at radius 2 is 0.750 bits per heavy atom. The minimum Gasteiger partial charge on any atom is -0.452 e. The summed E-state index contributed by atoms with van der Waals surface area (Å²) in [6.07, 6.45) is 6.69. The van der Waals surface area contributed by atoms with Crippen molar-refractivity contribution in [3.05, 3.63) is 315 Å². The monoisotopic (exact) mass is 1540 g/mol. The molecule has 0 atom stereocenters. The van der Waals surface area contributed by atoms with Gasteiger partial charge in [-0.15, -0.1) is 0 Å². The van der Waals surface area contributed by atoms with E-state index in [9.17, 15) is 0 Å². The van der Waals surface area contributed by atoms with Crippen LogP contribution in [0.4, 0.5) is 0 Å². The summed E-state index contributed by atoms with van der Waals surface area (Å²) in [6.45, 7) is 46.9. The molecule has 0 saturated heterocycles. The highest BCUT2D eigenvalue weighted by Crippen LogP contribution is 2.45. The molecule has 116 heavy (non-hydrogen) atoms. The lowest BCUT2D eigenvalue weighted by Gasteiger charge is -2.24. The van der Waals surface area contributed by atoms with Gasteiger partial charge in [-0.25, -0.2) is 9.55 Å². The second kappa shape index (κ2) is 32.8. The lowest BCUT2D eigenvalue weighted by atomic mass is 9.79. The van der Waals surface area contributed by atoms with E-state index in [-0.39, 0.29) is 5.41 Å². The van der Waals surface area contributed by atoms with Crippen molar-refractivity contribution < 1.29 is 32.0 Å². The van der Waals surface area contributed by atoms with E-state index in [1.165, 1.54) is 101 Å². The molecule has 0 aliphatic rings. The number of hydrogen-bond acceptors (Lipinski definition) is 5. The van der Waals surface area contributed by atoms with E-state index < -0.39 is 0 Å². The van der Waals surface area contributed by atoms with Crippen LogP contribution in [0, 0.1) is 48.5 Å². The fraction of sp³-hybridized carbons (Fsp3) is 0.295. The maximum atomic E-state index is 6.84. The number of aromatic nitrogens is 7. The van der Waals surface area contributed by atoms with E-state index in [1.54, 1.807) is 0 Å². The Labute approximate surface area is 687 Å². The SMILES string of the molecule is Cc1ccc2c(n1)oc1c(Oc3cn(-c4c(C(C)C)cccc4C(C)C)c(-c4ccccc4C)[n+]3C)c(C)ccc12.Cc1ccccc1-c1n(-c2c(C(C)C)cccc2C(C)C)cc(Oc2c(C)ccc3c2oc2ccccc23)[n+]1C.Cc1ccccc1-c1n(C)c(C(C)(C)c2ccccc2C)c[n+]1-c1c(C(C)C)cccc1C(C)C. The topological polar surface area (TPSA) is 84.1 Å². The largest absolute Gasteiger partial charge is 0.452 e. The first kappa shape index (κ1) is 80.8. The smallest absolute Gasteiger partial charge is 0.330 e. The Kier molecular flexibility index (Phi) is 22.9. The number of furan rings is 2. The molecule has 0 aliphatic carbocycles. The highest BCUT2D eigenvalue weighted by Gasteiger charge is 2.39. The zero-order chi connectivity index (χ0) is 82.6. The first-order valence-corrected chi connectivity index (χ1v) is 41.5. The molecule has 6 aromatic heterocycles. The van der Waals surface area contributed by atoms with Crippen molar-refractivity contribution in [2.75, 3.05) is 0 Å². The lowest BCUT2D eigenvalue weighted by molar-refractivity contribution is -0.664. The number of pyridine rings is 1. The molecule has 592 valence electrons. The maximum Gasteiger partial charge on any atom is 0.330 e. The van der Waals surface area contributed by atoms with Crippen LogP contribution in [-0.4, -0.2) is 18.7 Å². The molecular weight excluding hydrogens is 1420 g/mol. The molecule has 0 bridgehead atoms. The van der Waals surface area contributed by atoms with E-state index in [0.717, 1.165) is 84.3 Å². The van der Waals surface area contributed by atoms with Gasteiger partial charge in [0.05, 0.1) is 43.2 Å². The van der Waals surface area contributed by atoms with Gasteiger partial charge in [0.1, 0.15) is 28.8 Å². The van der Waals surface area contributed by atoms with E-state index in [1.807, 2.05) is 31.2 Å². The van der Waals surface area contributed by atoms with Gasteiger partial charge in [-0.1, -0.05) is 247 Å². The van der Waals surface area contributed by atoms with Gasteiger partial charge in [0.25, 0.3) is 17.5 Å². The maximum absolute atomic E-state index is 6.84. The van der Waals surface area contributed by atoms with Crippen LogP contribution in [0.25, 0.3) is 95.2 Å². The van der Waals surface area contributed by atoms with Gasteiger partial charge in [0.15, 0.2) is 40.8 Å². The number of benzene rings is 10. The molecule has 10 aromatic carbocycles. The first-order chi connectivity index (χ1) is 55.5. The number of nitrogens with zero attached hydrogens (tertiary/aromatic N) is 7. The molecular formula is C105H116N7O4+3. The molecule has 6 heterocycles. The number of imidazole rings is 3. The molecule has 0 saturated carbocycles. The summed E-state index contributed by atoms with van der Waals surface area (Å²) in [5.41, 5.74) is 28.9. The third-order valence-corrected chi connectivity index (χ3v) is 23.7. The highest BCUT2D eigenvalue weighted by atomic mass is 16.5. The molecule has 16 aromatic rings. The normalized spacial score (nSPS) is 11.9. The predicted molar refractivity (Wildman–Crippen MR) is 479 cm³/mol. The van der Waals surface area contributed by atoms with E-state index >= 15 is 0 Å². The fourth-order valence-electron chi connectivity index (χ4n) is 17.3. The van der Waals surface area contributed by atoms with E-state index in [4.69, 9.17) is 18.3 Å². The predicted octanol–water partition coefficient (Wildman–Crippen LogP) is 26.9. The molecule has 0 spiro atoms. The van der Waals surface area contributed by atoms with Crippen molar-refractivity contribution in [2.24, 2.45) is 21.1 Å². The van der Waals surface area contributed by atoms with Crippen molar-refractivity contribution in [2.45, 2.75) is 186 Å². The Morgan fingerprint density at radius 3 is 1.19 bits per heavy atom. The Balaban J connectivity index is 0.000000144. The summed E-state index contributed by atoms with van der Waals surface area (Å²) in [6, 6.07) is 75.6. The number of aryl methyl sites for hydroxylation is 7. The van der Waals surface area contributed by atoms with Gasteiger partial charge in [0.2, 0.25) is 5.71 Å². The van der Waals surface area contributed by atoms with Crippen LogP contribution in [0.1, 0.15) is 216 Å². The van der Waals surface area contributed by atoms with Gasteiger partial charge < -0.3 is 18.3 Å². The van der Waals surface area contributed by atoms with Crippen LogP contribution < -0.4 is 23.2 Å². The van der Waals surface area contributed by atoms with Crippen LogP contribution in [0.5, 0.6) is 23.3 Å². The summed E-state index contributed by atoms with van der Waals surface area (Å²) < 4.78 is 40.3. The fourth-order valence-corrected chi connectivity index (χ4v) is 17.3. The molecule has 0 amide bonds. The summed E-state index contributed by atoms with van der Waals surface area (Å²) in [5.74, 6) is 8.61. The molecule has 0 N–H and O–H groups in total. The van der Waals surface area contributed by atoms with Crippen molar-refractivity contribution in [1.82, 2.24) is 18.7 Å². The number of fused-ring (bicyclic) bond motifs is 6. The number of ether oxygens (including phenoxy) is 2. The Morgan fingerprint density at radius 1 is 0.371 bits per heavy atom. The van der Waals surface area contributed by atoms with Crippen molar-refractivity contribution in [3.63, 3.8) is 0 Å².